The molecule has 0 aromatic carbocycles. The molecule has 0 spiro atoms. The summed E-state index contributed by atoms with van der Waals surface area (Å²) in [7, 11) is 0. The molecule has 3 saturated carbocycles. The molecule has 2 heterocycles. The molecule has 5 rings (SSSR count). The third kappa shape index (κ3) is 2.49. The normalized spacial score (nSPS) is 34.3. The first kappa shape index (κ1) is 14.0. The Morgan fingerprint density at radius 2 is 1.91 bits per heavy atom. The Kier molecular flexibility index (Phi) is 3.25. The summed E-state index contributed by atoms with van der Waals surface area (Å²) in [5.74, 6) is 2.67. The van der Waals surface area contributed by atoms with Crippen molar-refractivity contribution in [2.45, 2.75) is 50.5 Å². The van der Waals surface area contributed by atoms with Crippen LogP contribution in [-0.2, 0) is 0 Å². The molecule has 1 aromatic heterocycles. The van der Waals surface area contributed by atoms with E-state index in [2.05, 4.69) is 15.1 Å². The molecule has 1 aliphatic heterocycles. The van der Waals surface area contributed by atoms with Crippen molar-refractivity contribution in [3.05, 3.63) is 17.5 Å². The van der Waals surface area contributed by atoms with Crippen LogP contribution < -0.4 is 0 Å². The first-order valence-corrected chi connectivity index (χ1v) is 9.36. The number of nitrogens with zero attached hydrogens (tertiary/aromatic N) is 3. The van der Waals surface area contributed by atoms with E-state index in [-0.39, 0.29) is 5.91 Å². The molecule has 3 atom stereocenters. The van der Waals surface area contributed by atoms with Gasteiger partial charge in [0.1, 0.15) is 5.69 Å². The fourth-order valence-corrected chi connectivity index (χ4v) is 5.13. The minimum atomic E-state index is 0.112. The fourth-order valence-electron chi connectivity index (χ4n) is 5.13. The lowest BCUT2D eigenvalue weighted by molar-refractivity contribution is 0.0491. The number of amides is 1. The number of hydrogen-bond acceptors (Lipinski definition) is 3. The van der Waals surface area contributed by atoms with E-state index in [0.29, 0.717) is 11.6 Å². The Labute approximate surface area is 137 Å². The monoisotopic (exact) mass is 314 g/mol. The molecular formula is C18H26N4O. The van der Waals surface area contributed by atoms with Gasteiger partial charge in [-0.05, 0) is 50.0 Å². The highest BCUT2D eigenvalue weighted by Gasteiger charge is 2.43. The number of aromatic nitrogens is 2. The maximum Gasteiger partial charge on any atom is 0.274 e. The Morgan fingerprint density at radius 3 is 2.57 bits per heavy atom. The van der Waals surface area contributed by atoms with Gasteiger partial charge in [0.05, 0.1) is 0 Å². The zero-order chi connectivity index (χ0) is 15.4. The fraction of sp³-hybridized carbons (Fsp3) is 0.778. The molecule has 3 aliphatic carbocycles. The average molecular weight is 314 g/mol. The maximum absolute atomic E-state index is 12.6. The van der Waals surface area contributed by atoms with Crippen LogP contribution in [0.1, 0.15) is 60.6 Å². The molecule has 1 saturated heterocycles. The van der Waals surface area contributed by atoms with Crippen LogP contribution in [0.25, 0.3) is 0 Å². The molecule has 1 amide bonds. The second-order valence-corrected chi connectivity index (χ2v) is 8.05. The third-order valence-corrected chi connectivity index (χ3v) is 6.61. The minimum absolute atomic E-state index is 0.112. The van der Waals surface area contributed by atoms with Crippen LogP contribution in [0, 0.1) is 11.8 Å². The van der Waals surface area contributed by atoms with Gasteiger partial charge >= 0.3 is 0 Å². The second kappa shape index (κ2) is 5.33. The van der Waals surface area contributed by atoms with Crippen LogP contribution in [0.15, 0.2) is 6.07 Å². The van der Waals surface area contributed by atoms with Gasteiger partial charge in [-0.2, -0.15) is 5.10 Å². The number of aromatic amines is 1. The van der Waals surface area contributed by atoms with E-state index < -0.39 is 0 Å². The summed E-state index contributed by atoms with van der Waals surface area (Å²) in [5.41, 5.74) is 1.76. The van der Waals surface area contributed by atoms with E-state index in [9.17, 15) is 4.79 Å². The third-order valence-electron chi connectivity index (χ3n) is 6.61. The summed E-state index contributed by atoms with van der Waals surface area (Å²) in [6, 6.07) is 2.78. The van der Waals surface area contributed by atoms with Crippen LogP contribution >= 0.6 is 0 Å². The molecule has 5 heteroatoms. The van der Waals surface area contributed by atoms with Gasteiger partial charge in [0.25, 0.3) is 5.91 Å². The molecule has 0 radical (unpaired) electrons. The van der Waals surface area contributed by atoms with Crippen molar-refractivity contribution in [3.8, 4) is 0 Å². The average Bonchev–Trinajstić information content (AvgIpc) is 3.03. The van der Waals surface area contributed by atoms with Crippen molar-refractivity contribution in [2.24, 2.45) is 11.8 Å². The molecule has 2 bridgehead atoms. The summed E-state index contributed by atoms with van der Waals surface area (Å²) < 4.78 is 0. The van der Waals surface area contributed by atoms with Crippen molar-refractivity contribution in [1.29, 1.82) is 0 Å². The highest BCUT2D eigenvalue weighted by atomic mass is 16.2. The summed E-state index contributed by atoms with van der Waals surface area (Å²) in [4.78, 5) is 17.3. The molecule has 0 unspecified atom stereocenters. The number of fused-ring (bicyclic) bond motifs is 2. The second-order valence-electron chi connectivity index (χ2n) is 8.05. The number of rotatable bonds is 3. The molecule has 23 heavy (non-hydrogen) atoms. The molecule has 1 aromatic rings. The summed E-state index contributed by atoms with van der Waals surface area (Å²) in [6.07, 6.45) is 8.23. The first-order chi connectivity index (χ1) is 11.3. The van der Waals surface area contributed by atoms with E-state index in [0.717, 1.165) is 49.8 Å². The number of carbonyl (C=O) groups excluding carboxylic acids is 1. The molecule has 5 nitrogen and oxygen atoms in total. The van der Waals surface area contributed by atoms with E-state index in [1.54, 1.807) is 0 Å². The van der Waals surface area contributed by atoms with Gasteiger partial charge < -0.3 is 4.90 Å². The number of H-pyrrole nitrogens is 1. The SMILES string of the molecule is O=C(c1cc(C2CC2)[nH]n1)N1CCN([C@@H]2C[C@H]3CC[C@H]2C3)CC1. The lowest BCUT2D eigenvalue weighted by Gasteiger charge is -2.40. The summed E-state index contributed by atoms with van der Waals surface area (Å²) in [5, 5.41) is 7.30. The van der Waals surface area contributed by atoms with Crippen molar-refractivity contribution in [2.75, 3.05) is 26.2 Å². The van der Waals surface area contributed by atoms with Gasteiger partial charge in [0.15, 0.2) is 0 Å². The summed E-state index contributed by atoms with van der Waals surface area (Å²) in [6.45, 7) is 3.80. The van der Waals surface area contributed by atoms with Crippen molar-refractivity contribution >= 4 is 5.91 Å². The standard InChI is InChI=1S/C18H26N4O/c23-18(16-11-15(19-20-16)13-3-4-13)22-7-5-21(6-8-22)17-10-12-1-2-14(17)9-12/h11-14,17H,1-10H2,(H,19,20)/t12-,14-,17+/m0/s1. The maximum atomic E-state index is 12.6. The van der Waals surface area contributed by atoms with Gasteiger partial charge in [0.2, 0.25) is 0 Å². The molecule has 4 aliphatic rings. The number of nitrogens with one attached hydrogen (secondary N) is 1. The molecule has 1 N–H and O–H groups in total. The van der Waals surface area contributed by atoms with Crippen LogP contribution in [0.3, 0.4) is 0 Å². The molecule has 4 fully saturated rings. The van der Waals surface area contributed by atoms with E-state index in [1.807, 2.05) is 11.0 Å². The van der Waals surface area contributed by atoms with Crippen molar-refractivity contribution in [1.82, 2.24) is 20.0 Å². The van der Waals surface area contributed by atoms with Crippen molar-refractivity contribution < 1.29 is 4.79 Å². The zero-order valence-corrected chi connectivity index (χ0v) is 13.7. The Balaban J connectivity index is 1.19. The van der Waals surface area contributed by atoms with Gasteiger partial charge in [-0.25, -0.2) is 0 Å². The summed E-state index contributed by atoms with van der Waals surface area (Å²) >= 11 is 0. The first-order valence-electron chi connectivity index (χ1n) is 9.36. The quantitative estimate of drug-likeness (QED) is 0.931. The van der Waals surface area contributed by atoms with E-state index in [4.69, 9.17) is 0 Å². The lowest BCUT2D eigenvalue weighted by Crippen LogP contribution is -2.53. The Bertz CT molecular complexity index is 600. The van der Waals surface area contributed by atoms with Crippen LogP contribution in [-0.4, -0.2) is 58.1 Å². The number of carbonyl (C=O) groups is 1. The van der Waals surface area contributed by atoms with Gasteiger partial charge in [-0.3, -0.25) is 14.8 Å². The number of piperazine rings is 1. The number of hydrogen-bond donors (Lipinski definition) is 1. The topological polar surface area (TPSA) is 52.2 Å². The van der Waals surface area contributed by atoms with Crippen LogP contribution in [0.4, 0.5) is 0 Å². The predicted molar refractivity (Wildman–Crippen MR) is 87.3 cm³/mol. The minimum Gasteiger partial charge on any atom is -0.335 e. The Hall–Kier alpha value is -1.36. The Morgan fingerprint density at radius 1 is 1.09 bits per heavy atom. The molecule has 124 valence electrons. The van der Waals surface area contributed by atoms with Crippen LogP contribution in [0.5, 0.6) is 0 Å². The zero-order valence-electron chi connectivity index (χ0n) is 13.7. The van der Waals surface area contributed by atoms with Gasteiger partial charge in [-0.1, -0.05) is 6.42 Å². The van der Waals surface area contributed by atoms with Gasteiger partial charge in [-0.15, -0.1) is 0 Å². The van der Waals surface area contributed by atoms with Crippen molar-refractivity contribution in [3.63, 3.8) is 0 Å². The predicted octanol–water partition coefficient (Wildman–Crippen LogP) is 2.23. The highest BCUT2D eigenvalue weighted by molar-refractivity contribution is 5.92. The largest absolute Gasteiger partial charge is 0.335 e. The lowest BCUT2D eigenvalue weighted by atomic mass is 9.93. The molecular weight excluding hydrogens is 288 g/mol. The van der Waals surface area contributed by atoms with E-state index in [1.165, 1.54) is 38.5 Å². The van der Waals surface area contributed by atoms with Gasteiger partial charge in [0, 0.05) is 43.8 Å². The van der Waals surface area contributed by atoms with Crippen LogP contribution in [0.2, 0.25) is 0 Å². The van der Waals surface area contributed by atoms with E-state index >= 15 is 0 Å². The highest BCUT2D eigenvalue weighted by Crippen LogP contribution is 2.46. The smallest absolute Gasteiger partial charge is 0.274 e.